The number of carbonyl (C=O) groups is 2. The standard InChI is InChI=1S/C16H17NO3/c1-2-7-17-14-5-3-10(16(19)20)8-12(14)13-9-11(18)4-6-15(13)17/h3,5,8H,2,4,6-7,9H2,1H3,(H,19,20). The molecule has 0 amide bonds. The first-order chi connectivity index (χ1) is 9.61. The lowest BCUT2D eigenvalue weighted by Crippen LogP contribution is -2.15. The smallest absolute Gasteiger partial charge is 0.335 e. The normalized spacial score (nSPS) is 14.6. The van der Waals surface area contributed by atoms with Crippen molar-refractivity contribution in [1.29, 1.82) is 0 Å². The quantitative estimate of drug-likeness (QED) is 0.933. The van der Waals surface area contributed by atoms with Gasteiger partial charge in [-0.25, -0.2) is 4.79 Å². The van der Waals surface area contributed by atoms with Crippen molar-refractivity contribution in [3.8, 4) is 0 Å². The zero-order valence-electron chi connectivity index (χ0n) is 11.5. The van der Waals surface area contributed by atoms with E-state index in [-0.39, 0.29) is 11.3 Å². The fraction of sp³-hybridized carbons (Fsp3) is 0.375. The molecule has 1 aromatic heterocycles. The molecule has 20 heavy (non-hydrogen) atoms. The molecule has 0 saturated heterocycles. The van der Waals surface area contributed by atoms with Gasteiger partial charge in [-0.05, 0) is 36.6 Å². The number of nitrogens with zero attached hydrogens (tertiary/aromatic N) is 1. The van der Waals surface area contributed by atoms with Gasteiger partial charge in [0.1, 0.15) is 5.78 Å². The number of benzene rings is 1. The first-order valence-electron chi connectivity index (χ1n) is 7.00. The molecule has 1 aliphatic carbocycles. The molecule has 1 aliphatic rings. The molecule has 1 heterocycles. The van der Waals surface area contributed by atoms with Crippen LogP contribution in [0.1, 0.15) is 41.4 Å². The lowest BCUT2D eigenvalue weighted by Gasteiger charge is -2.14. The van der Waals surface area contributed by atoms with Gasteiger partial charge in [0, 0.05) is 36.0 Å². The number of aromatic carboxylic acids is 1. The number of carboxylic acid groups (broad SMARTS) is 1. The number of aryl methyl sites for hydroxylation is 1. The Balaban J connectivity index is 2.28. The molecule has 0 fully saturated rings. The van der Waals surface area contributed by atoms with Crippen molar-refractivity contribution in [2.24, 2.45) is 0 Å². The maximum Gasteiger partial charge on any atom is 0.335 e. The van der Waals surface area contributed by atoms with Crippen molar-refractivity contribution in [1.82, 2.24) is 4.57 Å². The van der Waals surface area contributed by atoms with Crippen LogP contribution in [0.2, 0.25) is 0 Å². The minimum Gasteiger partial charge on any atom is -0.478 e. The minimum absolute atomic E-state index is 0.244. The van der Waals surface area contributed by atoms with Crippen LogP contribution >= 0.6 is 0 Å². The topological polar surface area (TPSA) is 59.3 Å². The molecule has 104 valence electrons. The molecule has 0 spiro atoms. The molecular weight excluding hydrogens is 254 g/mol. The average Bonchev–Trinajstić information content (AvgIpc) is 2.73. The van der Waals surface area contributed by atoms with Gasteiger partial charge in [0.2, 0.25) is 0 Å². The van der Waals surface area contributed by atoms with Crippen LogP contribution in [0.3, 0.4) is 0 Å². The summed E-state index contributed by atoms with van der Waals surface area (Å²) in [5, 5.41) is 10.1. The van der Waals surface area contributed by atoms with Crippen LogP contribution in [-0.4, -0.2) is 21.4 Å². The molecule has 0 bridgehead atoms. The van der Waals surface area contributed by atoms with Gasteiger partial charge in [-0.15, -0.1) is 0 Å². The molecule has 2 aromatic rings. The molecule has 0 atom stereocenters. The Labute approximate surface area is 117 Å². The second-order valence-electron chi connectivity index (χ2n) is 5.33. The van der Waals surface area contributed by atoms with E-state index in [1.54, 1.807) is 12.1 Å². The van der Waals surface area contributed by atoms with Crippen LogP contribution < -0.4 is 0 Å². The van der Waals surface area contributed by atoms with E-state index in [0.29, 0.717) is 12.8 Å². The first-order valence-corrected chi connectivity index (χ1v) is 7.00. The molecule has 0 saturated carbocycles. The largest absolute Gasteiger partial charge is 0.478 e. The third kappa shape index (κ3) is 1.92. The summed E-state index contributed by atoms with van der Waals surface area (Å²) < 4.78 is 2.25. The van der Waals surface area contributed by atoms with E-state index in [0.717, 1.165) is 35.9 Å². The molecule has 4 nitrogen and oxygen atoms in total. The van der Waals surface area contributed by atoms with Crippen molar-refractivity contribution >= 4 is 22.7 Å². The Morgan fingerprint density at radius 2 is 2.15 bits per heavy atom. The van der Waals surface area contributed by atoms with Gasteiger partial charge < -0.3 is 9.67 Å². The summed E-state index contributed by atoms with van der Waals surface area (Å²) in [6.45, 7) is 3.03. The fourth-order valence-electron chi connectivity index (χ4n) is 3.12. The molecule has 1 N–H and O–H groups in total. The van der Waals surface area contributed by atoms with E-state index in [1.165, 1.54) is 5.69 Å². The van der Waals surface area contributed by atoms with Crippen molar-refractivity contribution in [2.45, 2.75) is 39.2 Å². The van der Waals surface area contributed by atoms with E-state index in [9.17, 15) is 9.59 Å². The van der Waals surface area contributed by atoms with Crippen LogP contribution in [-0.2, 0) is 24.2 Å². The monoisotopic (exact) mass is 271 g/mol. The number of aromatic nitrogens is 1. The molecule has 4 heteroatoms. The van der Waals surface area contributed by atoms with Gasteiger partial charge in [-0.2, -0.15) is 0 Å². The van der Waals surface area contributed by atoms with E-state index >= 15 is 0 Å². The third-order valence-electron chi connectivity index (χ3n) is 4.00. The second kappa shape index (κ2) is 4.78. The summed E-state index contributed by atoms with van der Waals surface area (Å²) in [4.78, 5) is 22.9. The molecule has 0 aliphatic heterocycles. The van der Waals surface area contributed by atoms with Crippen LogP contribution in [0.15, 0.2) is 18.2 Å². The lowest BCUT2D eigenvalue weighted by molar-refractivity contribution is -0.118. The number of carbonyl (C=O) groups excluding carboxylic acids is 1. The summed E-state index contributed by atoms with van der Waals surface area (Å²) in [6, 6.07) is 5.22. The number of hydrogen-bond acceptors (Lipinski definition) is 2. The van der Waals surface area contributed by atoms with E-state index in [4.69, 9.17) is 5.11 Å². The summed E-state index contributed by atoms with van der Waals surface area (Å²) in [7, 11) is 0. The van der Waals surface area contributed by atoms with Crippen LogP contribution in [0.5, 0.6) is 0 Å². The van der Waals surface area contributed by atoms with E-state index in [2.05, 4.69) is 11.5 Å². The van der Waals surface area contributed by atoms with Crippen LogP contribution in [0, 0.1) is 0 Å². The van der Waals surface area contributed by atoms with Crippen LogP contribution in [0.25, 0.3) is 10.9 Å². The Morgan fingerprint density at radius 1 is 1.35 bits per heavy atom. The van der Waals surface area contributed by atoms with Gasteiger partial charge in [0.25, 0.3) is 0 Å². The highest BCUT2D eigenvalue weighted by atomic mass is 16.4. The fourth-order valence-corrected chi connectivity index (χ4v) is 3.12. The highest BCUT2D eigenvalue weighted by Gasteiger charge is 2.24. The van der Waals surface area contributed by atoms with Gasteiger partial charge in [-0.1, -0.05) is 6.92 Å². The maximum atomic E-state index is 11.7. The maximum absolute atomic E-state index is 11.7. The number of rotatable bonds is 3. The van der Waals surface area contributed by atoms with Crippen molar-refractivity contribution in [3.05, 3.63) is 35.0 Å². The zero-order chi connectivity index (χ0) is 14.3. The summed E-state index contributed by atoms with van der Waals surface area (Å²) in [5.74, 6) is -0.681. The Kier molecular flexibility index (Phi) is 3.08. The summed E-state index contributed by atoms with van der Waals surface area (Å²) >= 11 is 0. The summed E-state index contributed by atoms with van der Waals surface area (Å²) in [5.41, 5.74) is 3.58. The van der Waals surface area contributed by atoms with Gasteiger partial charge in [-0.3, -0.25) is 4.79 Å². The zero-order valence-corrected chi connectivity index (χ0v) is 11.5. The van der Waals surface area contributed by atoms with Crippen molar-refractivity contribution < 1.29 is 14.7 Å². The average molecular weight is 271 g/mol. The van der Waals surface area contributed by atoms with Crippen molar-refractivity contribution in [3.63, 3.8) is 0 Å². The Bertz CT molecular complexity index is 712. The molecule has 3 rings (SSSR count). The van der Waals surface area contributed by atoms with Crippen LogP contribution in [0.4, 0.5) is 0 Å². The number of ketones is 1. The highest BCUT2D eigenvalue weighted by molar-refractivity contribution is 5.98. The number of carboxylic acids is 1. The predicted molar refractivity (Wildman–Crippen MR) is 76.2 cm³/mol. The predicted octanol–water partition coefficient (Wildman–Crippen LogP) is 2.81. The lowest BCUT2D eigenvalue weighted by atomic mass is 9.94. The molecule has 0 radical (unpaired) electrons. The number of fused-ring (bicyclic) bond motifs is 3. The van der Waals surface area contributed by atoms with Gasteiger partial charge in [0.15, 0.2) is 0 Å². The Morgan fingerprint density at radius 3 is 2.85 bits per heavy atom. The SMILES string of the molecule is CCCn1c2c(c3cc(C(=O)O)ccc31)CC(=O)CC2. The first kappa shape index (κ1) is 12.9. The number of hydrogen-bond donors (Lipinski definition) is 1. The second-order valence-corrected chi connectivity index (χ2v) is 5.33. The van der Waals surface area contributed by atoms with E-state index in [1.807, 2.05) is 6.07 Å². The van der Waals surface area contributed by atoms with Gasteiger partial charge in [0.05, 0.1) is 5.56 Å². The number of Topliss-reactive ketones (excluding diaryl/α,β-unsaturated/α-hetero) is 1. The molecule has 1 aromatic carbocycles. The third-order valence-corrected chi connectivity index (χ3v) is 4.00. The summed E-state index contributed by atoms with van der Waals surface area (Å²) in [6.07, 6.45) is 2.82. The molecular formula is C16H17NO3. The van der Waals surface area contributed by atoms with Gasteiger partial charge >= 0.3 is 5.97 Å². The van der Waals surface area contributed by atoms with E-state index < -0.39 is 5.97 Å². The molecule has 0 unspecified atom stereocenters. The minimum atomic E-state index is -0.925. The highest BCUT2D eigenvalue weighted by Crippen LogP contribution is 2.32. The Hall–Kier alpha value is -2.10. The van der Waals surface area contributed by atoms with Crippen molar-refractivity contribution in [2.75, 3.05) is 0 Å².